The van der Waals surface area contributed by atoms with Gasteiger partial charge >= 0.3 is 12.3 Å². The Bertz CT molecular complexity index is 640. The second kappa shape index (κ2) is 5.48. The topological polar surface area (TPSA) is 43.4 Å². The van der Waals surface area contributed by atoms with E-state index in [1.54, 1.807) is 0 Å². The Kier molecular flexibility index (Phi) is 4.04. The van der Waals surface area contributed by atoms with Crippen LogP contribution in [0.15, 0.2) is 35.1 Å². The van der Waals surface area contributed by atoms with Gasteiger partial charge in [0.2, 0.25) is 11.6 Å². The molecule has 1 aliphatic carbocycles. The zero-order valence-corrected chi connectivity index (χ0v) is 11.0. The Balaban J connectivity index is 2.31. The minimum absolute atomic E-state index is 0.000435. The molecule has 3 nitrogen and oxygen atoms in total. The highest BCUT2D eigenvalue weighted by Crippen LogP contribution is 2.31. The van der Waals surface area contributed by atoms with Crippen molar-refractivity contribution >= 4 is 23.2 Å². The monoisotopic (exact) mass is 322 g/mol. The lowest BCUT2D eigenvalue weighted by Crippen LogP contribution is -2.34. The number of Topliss-reactive ketones (excluding diaryl/α,β-unsaturated/α-hetero) is 2. The highest BCUT2D eigenvalue weighted by Gasteiger charge is 2.43. The van der Waals surface area contributed by atoms with Crippen LogP contribution in [0.1, 0.15) is 20.7 Å². The second-order valence-electron chi connectivity index (χ2n) is 4.20. The van der Waals surface area contributed by atoms with Crippen molar-refractivity contribution in [3.63, 3.8) is 0 Å². The Morgan fingerprint density at radius 1 is 1.10 bits per heavy atom. The molecule has 1 aliphatic rings. The summed E-state index contributed by atoms with van der Waals surface area (Å²) in [6, 6.07) is 5.57. The molecule has 0 N–H and O–H groups in total. The molecule has 2 rings (SSSR count). The summed E-state index contributed by atoms with van der Waals surface area (Å²) in [6.07, 6.45) is -3.96. The summed E-state index contributed by atoms with van der Waals surface area (Å²) in [5.74, 6) is -6.99. The molecule has 0 saturated heterocycles. The number of carbonyl (C=O) groups is 2. The smallest absolute Gasteiger partial charge is 0.340 e. The first kappa shape index (κ1) is 15.5. The van der Waals surface area contributed by atoms with E-state index in [2.05, 4.69) is 4.74 Å². The third-order valence-electron chi connectivity index (χ3n) is 2.75. The quantitative estimate of drug-likeness (QED) is 0.798. The van der Waals surface area contributed by atoms with Crippen LogP contribution in [0, 0.1) is 0 Å². The van der Waals surface area contributed by atoms with Gasteiger partial charge in [-0.25, -0.2) is 8.78 Å². The van der Waals surface area contributed by atoms with Gasteiger partial charge in [-0.2, -0.15) is 8.78 Å². The van der Waals surface area contributed by atoms with Crippen LogP contribution >= 0.6 is 11.6 Å². The van der Waals surface area contributed by atoms with E-state index in [0.717, 1.165) is 0 Å². The molecule has 0 fully saturated rings. The van der Waals surface area contributed by atoms with Gasteiger partial charge in [-0.1, -0.05) is 35.9 Å². The number of rotatable bonds is 4. The van der Waals surface area contributed by atoms with E-state index in [4.69, 9.17) is 11.6 Å². The maximum atomic E-state index is 12.8. The summed E-state index contributed by atoms with van der Waals surface area (Å²) in [5.41, 5.74) is -0.0808. The number of hydrogen-bond acceptors (Lipinski definition) is 3. The van der Waals surface area contributed by atoms with Gasteiger partial charge < -0.3 is 4.74 Å². The van der Waals surface area contributed by atoms with E-state index in [0.29, 0.717) is 0 Å². The number of benzene rings is 1. The summed E-state index contributed by atoms with van der Waals surface area (Å²) in [6.45, 7) is -1.75. The van der Waals surface area contributed by atoms with Crippen LogP contribution in [0.25, 0.3) is 0 Å². The Morgan fingerprint density at radius 2 is 1.62 bits per heavy atom. The molecule has 0 unspecified atom stereocenters. The molecule has 0 atom stereocenters. The van der Waals surface area contributed by atoms with Crippen molar-refractivity contribution in [2.24, 2.45) is 0 Å². The van der Waals surface area contributed by atoms with Crippen molar-refractivity contribution in [1.82, 2.24) is 0 Å². The fourth-order valence-corrected chi connectivity index (χ4v) is 1.92. The molecule has 0 radical (unpaired) electrons. The second-order valence-corrected chi connectivity index (χ2v) is 4.58. The van der Waals surface area contributed by atoms with Gasteiger partial charge in [0, 0.05) is 11.1 Å². The third kappa shape index (κ3) is 2.78. The zero-order valence-electron chi connectivity index (χ0n) is 10.2. The Hall–Kier alpha value is -1.89. The molecule has 8 heteroatoms. The maximum Gasteiger partial charge on any atom is 0.340 e. The highest BCUT2D eigenvalue weighted by atomic mass is 35.5. The molecule has 0 amide bonds. The number of hydrogen-bond donors (Lipinski definition) is 0. The molecule has 21 heavy (non-hydrogen) atoms. The van der Waals surface area contributed by atoms with E-state index >= 15 is 0 Å². The molecule has 1 aromatic rings. The minimum atomic E-state index is -4.45. The fraction of sp³-hybridized carbons (Fsp3) is 0.231. The molecule has 0 saturated carbocycles. The standard InChI is InChI=1S/C13H7ClF4O3/c14-8-9(19)6-3-1-2-4-7(6)10(20)11(8)21-5-13(17,18)12(15)16/h1-4,12H,5H2. The first-order valence-electron chi connectivity index (χ1n) is 5.62. The first-order chi connectivity index (χ1) is 9.75. The minimum Gasteiger partial charge on any atom is -0.481 e. The maximum absolute atomic E-state index is 12.8. The predicted molar refractivity (Wildman–Crippen MR) is 64.9 cm³/mol. The average Bonchev–Trinajstić information content (AvgIpc) is 2.44. The van der Waals surface area contributed by atoms with Crippen LogP contribution in [-0.4, -0.2) is 30.5 Å². The van der Waals surface area contributed by atoms with E-state index in [1.807, 2.05) is 0 Å². The molecule has 0 spiro atoms. The van der Waals surface area contributed by atoms with Gasteiger partial charge in [-0.05, 0) is 0 Å². The average molecular weight is 323 g/mol. The molecule has 0 aromatic heterocycles. The van der Waals surface area contributed by atoms with Crippen LogP contribution < -0.4 is 0 Å². The van der Waals surface area contributed by atoms with Gasteiger partial charge in [0.15, 0.2) is 12.4 Å². The summed E-state index contributed by atoms with van der Waals surface area (Å²) in [4.78, 5) is 23.9. The van der Waals surface area contributed by atoms with Crippen LogP contribution in [0.4, 0.5) is 17.6 Å². The van der Waals surface area contributed by atoms with Gasteiger partial charge in [0.25, 0.3) is 0 Å². The van der Waals surface area contributed by atoms with Crippen molar-refractivity contribution in [2.75, 3.05) is 6.61 Å². The van der Waals surface area contributed by atoms with Crippen molar-refractivity contribution in [3.8, 4) is 0 Å². The van der Waals surface area contributed by atoms with Gasteiger partial charge in [0.05, 0.1) is 0 Å². The number of fused-ring (bicyclic) bond motifs is 1. The zero-order chi connectivity index (χ0) is 15.8. The number of alkyl halides is 4. The number of ketones is 2. The lowest BCUT2D eigenvalue weighted by Gasteiger charge is -2.21. The molecular weight excluding hydrogens is 316 g/mol. The lowest BCUT2D eigenvalue weighted by atomic mass is 9.93. The molecule has 0 bridgehead atoms. The van der Waals surface area contributed by atoms with Crippen molar-refractivity contribution < 1.29 is 31.9 Å². The largest absolute Gasteiger partial charge is 0.481 e. The summed E-state index contributed by atoms with van der Waals surface area (Å²) < 4.78 is 54.1. The van der Waals surface area contributed by atoms with Crippen LogP contribution in [-0.2, 0) is 4.74 Å². The molecule has 0 heterocycles. The number of halogens is 5. The van der Waals surface area contributed by atoms with Crippen LogP contribution in [0.5, 0.6) is 0 Å². The SMILES string of the molecule is O=C1C(Cl)=C(OCC(F)(F)C(F)F)C(=O)c2ccccc21. The normalized spacial score (nSPS) is 15.5. The first-order valence-corrected chi connectivity index (χ1v) is 6.00. The summed E-state index contributed by atoms with van der Waals surface area (Å²) >= 11 is 5.62. The molecule has 112 valence electrons. The summed E-state index contributed by atoms with van der Waals surface area (Å²) in [7, 11) is 0. The predicted octanol–water partition coefficient (Wildman–Crippen LogP) is 3.43. The Morgan fingerprint density at radius 3 is 2.14 bits per heavy atom. The summed E-state index contributed by atoms with van der Waals surface area (Å²) in [5, 5.41) is -0.705. The van der Waals surface area contributed by atoms with E-state index in [1.165, 1.54) is 24.3 Å². The van der Waals surface area contributed by atoms with E-state index in [-0.39, 0.29) is 11.1 Å². The third-order valence-corrected chi connectivity index (χ3v) is 3.09. The number of ether oxygens (including phenoxy) is 1. The molecular formula is C13H7ClF4O3. The van der Waals surface area contributed by atoms with Crippen molar-refractivity contribution in [1.29, 1.82) is 0 Å². The van der Waals surface area contributed by atoms with Crippen molar-refractivity contribution in [3.05, 3.63) is 46.2 Å². The molecule has 1 aromatic carbocycles. The number of allylic oxidation sites excluding steroid dienone is 2. The van der Waals surface area contributed by atoms with Crippen molar-refractivity contribution in [2.45, 2.75) is 12.3 Å². The van der Waals surface area contributed by atoms with Gasteiger partial charge in [0.1, 0.15) is 5.03 Å². The van der Waals surface area contributed by atoms with E-state index < -0.39 is 41.3 Å². The van der Waals surface area contributed by atoms with Crippen LogP contribution in [0.2, 0.25) is 0 Å². The Labute approximate surface area is 121 Å². The fourth-order valence-electron chi connectivity index (χ4n) is 1.68. The number of carbonyl (C=O) groups excluding carboxylic acids is 2. The lowest BCUT2D eigenvalue weighted by molar-refractivity contribution is -0.157. The van der Waals surface area contributed by atoms with Gasteiger partial charge in [-0.3, -0.25) is 9.59 Å². The van der Waals surface area contributed by atoms with Crippen LogP contribution in [0.3, 0.4) is 0 Å². The van der Waals surface area contributed by atoms with E-state index in [9.17, 15) is 27.2 Å². The molecule has 0 aliphatic heterocycles. The van der Waals surface area contributed by atoms with Gasteiger partial charge in [-0.15, -0.1) is 0 Å². The highest BCUT2D eigenvalue weighted by molar-refractivity contribution is 6.49.